The smallest absolute Gasteiger partial charge is 0.306 e. The minimum Gasteiger partial charge on any atom is -0.544 e. The van der Waals surface area contributed by atoms with Gasteiger partial charge >= 0.3 is 11.9 Å². The van der Waals surface area contributed by atoms with E-state index in [1.165, 1.54) is 173 Å². The van der Waals surface area contributed by atoms with E-state index in [4.69, 9.17) is 14.2 Å². The highest BCUT2D eigenvalue weighted by Gasteiger charge is 2.25. The first-order valence-electron chi connectivity index (χ1n) is 24.6. The Balaban J connectivity index is 4.14. The number of quaternary nitrogens is 1. The van der Waals surface area contributed by atoms with Crippen molar-refractivity contribution in [3.63, 3.8) is 0 Å². The lowest BCUT2D eigenvalue weighted by molar-refractivity contribution is -0.889. The van der Waals surface area contributed by atoms with E-state index in [9.17, 15) is 19.5 Å². The Bertz CT molecular complexity index is 905. The fraction of sp³-hybridized carbons (Fsp3) is 0.939. The van der Waals surface area contributed by atoms with Crippen molar-refractivity contribution in [1.82, 2.24) is 0 Å². The number of aliphatic carboxylic acids is 1. The Labute approximate surface area is 353 Å². The second kappa shape index (κ2) is 41.1. The van der Waals surface area contributed by atoms with Crippen LogP contribution in [0.25, 0.3) is 0 Å². The van der Waals surface area contributed by atoms with Crippen LogP contribution in [0.4, 0.5) is 0 Å². The van der Waals surface area contributed by atoms with Crippen LogP contribution in [0, 0.1) is 0 Å². The Hall–Kier alpha value is -1.67. The lowest BCUT2D eigenvalue weighted by atomic mass is 10.0. The average molecular weight is 810 g/mol. The number of hydrogen-bond donors (Lipinski definition) is 0. The van der Waals surface area contributed by atoms with Gasteiger partial charge in [0.05, 0.1) is 40.3 Å². The molecule has 2 atom stereocenters. The number of likely N-dealkylation sites (N-methyl/N-ethyl adjacent to an activating group) is 1. The zero-order valence-electron chi connectivity index (χ0n) is 38.5. The summed E-state index contributed by atoms with van der Waals surface area (Å²) in [5.41, 5.74) is 0. The van der Waals surface area contributed by atoms with Gasteiger partial charge in [-0.25, -0.2) is 0 Å². The molecule has 0 saturated heterocycles. The van der Waals surface area contributed by atoms with Crippen LogP contribution >= 0.6 is 0 Å². The van der Waals surface area contributed by atoms with Gasteiger partial charge in [-0.15, -0.1) is 0 Å². The molecule has 0 aromatic carbocycles. The van der Waals surface area contributed by atoms with Crippen LogP contribution in [0.15, 0.2) is 0 Å². The largest absolute Gasteiger partial charge is 0.544 e. The van der Waals surface area contributed by atoms with Crippen molar-refractivity contribution in [3.8, 4) is 0 Å². The topological polar surface area (TPSA) is 102 Å². The Kier molecular flexibility index (Phi) is 39.9. The third-order valence-electron chi connectivity index (χ3n) is 11.5. The summed E-state index contributed by atoms with van der Waals surface area (Å²) in [5, 5.41) is 11.6. The zero-order chi connectivity index (χ0) is 42.1. The van der Waals surface area contributed by atoms with Gasteiger partial charge in [0.2, 0.25) is 0 Å². The Morgan fingerprint density at radius 2 is 0.772 bits per heavy atom. The third kappa shape index (κ3) is 39.6. The first-order chi connectivity index (χ1) is 27.6. The lowest BCUT2D eigenvalue weighted by Gasteiger charge is -2.34. The molecule has 0 aliphatic heterocycles. The number of carboxylic acids is 1. The Morgan fingerprint density at radius 3 is 1.09 bits per heavy atom. The Morgan fingerprint density at radius 1 is 0.456 bits per heavy atom. The molecule has 57 heavy (non-hydrogen) atoms. The van der Waals surface area contributed by atoms with Gasteiger partial charge in [0, 0.05) is 19.3 Å². The van der Waals surface area contributed by atoms with Crippen molar-refractivity contribution in [3.05, 3.63) is 0 Å². The standard InChI is InChI=1S/C49H95NO7/c1-6-8-10-12-14-16-18-19-20-21-22-23-24-25-26-27-28-30-32-34-36-38-40-48(52)57-45(43-55-42-41-46(49(53)54)50(3,4)5)44-56-47(51)39-37-35-33-31-29-17-15-13-11-9-7-2/h45-46H,6-44H2,1-5H3. The van der Waals surface area contributed by atoms with E-state index in [1.54, 1.807) is 0 Å². The van der Waals surface area contributed by atoms with E-state index in [0.717, 1.165) is 38.5 Å². The molecule has 8 nitrogen and oxygen atoms in total. The number of ether oxygens (including phenoxy) is 3. The molecule has 0 fully saturated rings. The SMILES string of the molecule is CCCCCCCCCCCCCCCCCCCCCCCCC(=O)OC(COCCC(C(=O)[O-])[N+](C)(C)C)COC(=O)CCCCCCCCCCCCC. The molecule has 0 rings (SSSR count). The minimum atomic E-state index is -1.12. The van der Waals surface area contributed by atoms with E-state index in [1.807, 2.05) is 21.1 Å². The van der Waals surface area contributed by atoms with Gasteiger partial charge in [0.1, 0.15) is 12.6 Å². The summed E-state index contributed by atoms with van der Waals surface area (Å²) in [6.07, 6.45) is 42.8. The summed E-state index contributed by atoms with van der Waals surface area (Å²) in [6.45, 7) is 4.70. The lowest BCUT2D eigenvalue weighted by Crippen LogP contribution is -2.55. The molecule has 8 heteroatoms. The second-order valence-electron chi connectivity index (χ2n) is 18.1. The maximum Gasteiger partial charge on any atom is 0.306 e. The van der Waals surface area contributed by atoms with Crippen LogP contribution in [0.2, 0.25) is 0 Å². The van der Waals surface area contributed by atoms with Crippen molar-refractivity contribution < 1.29 is 38.2 Å². The van der Waals surface area contributed by atoms with Gasteiger partial charge in [-0.1, -0.05) is 213 Å². The summed E-state index contributed by atoms with van der Waals surface area (Å²) in [5.74, 6) is -1.71. The molecule has 2 unspecified atom stereocenters. The molecule has 0 spiro atoms. The number of unbranched alkanes of at least 4 members (excludes halogenated alkanes) is 31. The van der Waals surface area contributed by atoms with Crippen molar-refractivity contribution in [2.45, 2.75) is 257 Å². The normalized spacial score (nSPS) is 12.8. The summed E-state index contributed by atoms with van der Waals surface area (Å²) >= 11 is 0. The van der Waals surface area contributed by atoms with Crippen molar-refractivity contribution in [2.24, 2.45) is 0 Å². The van der Waals surface area contributed by atoms with Crippen LogP contribution in [0.5, 0.6) is 0 Å². The predicted octanol–water partition coefficient (Wildman–Crippen LogP) is 12.4. The molecule has 0 amide bonds. The summed E-state index contributed by atoms with van der Waals surface area (Å²) in [4.78, 5) is 36.9. The fourth-order valence-electron chi connectivity index (χ4n) is 7.66. The third-order valence-corrected chi connectivity index (χ3v) is 11.5. The van der Waals surface area contributed by atoms with Gasteiger partial charge in [-0.2, -0.15) is 0 Å². The number of rotatable bonds is 45. The molecule has 338 valence electrons. The number of carboxylic acid groups (broad SMARTS) is 1. The van der Waals surface area contributed by atoms with Crippen LogP contribution in [-0.2, 0) is 28.6 Å². The van der Waals surface area contributed by atoms with Crippen LogP contribution < -0.4 is 5.11 Å². The van der Waals surface area contributed by atoms with E-state index in [2.05, 4.69) is 13.8 Å². The van der Waals surface area contributed by atoms with Crippen LogP contribution in [0.3, 0.4) is 0 Å². The molecule has 0 saturated carbocycles. The highest BCUT2D eigenvalue weighted by atomic mass is 16.6. The van der Waals surface area contributed by atoms with Gasteiger partial charge in [-0.3, -0.25) is 9.59 Å². The number of carbonyl (C=O) groups is 3. The van der Waals surface area contributed by atoms with Crippen molar-refractivity contribution in [2.75, 3.05) is 41.0 Å². The minimum absolute atomic E-state index is 0.0493. The van der Waals surface area contributed by atoms with Crippen LogP contribution in [-0.4, -0.2) is 75.5 Å². The maximum atomic E-state index is 12.7. The molecule has 0 aliphatic rings. The molecular formula is C49H95NO7. The molecule has 0 aliphatic carbocycles. The molecule has 0 N–H and O–H groups in total. The number of hydrogen-bond acceptors (Lipinski definition) is 7. The molecular weight excluding hydrogens is 715 g/mol. The zero-order valence-corrected chi connectivity index (χ0v) is 38.5. The molecule has 0 bridgehead atoms. The summed E-state index contributed by atoms with van der Waals surface area (Å²) in [7, 11) is 5.42. The molecule has 0 aromatic rings. The van der Waals surface area contributed by atoms with Crippen molar-refractivity contribution >= 4 is 17.9 Å². The summed E-state index contributed by atoms with van der Waals surface area (Å²) < 4.78 is 17.2. The fourth-order valence-corrected chi connectivity index (χ4v) is 7.66. The highest BCUT2D eigenvalue weighted by molar-refractivity contribution is 5.70. The molecule has 0 heterocycles. The van der Waals surface area contributed by atoms with E-state index < -0.39 is 18.1 Å². The quantitative estimate of drug-likeness (QED) is 0.0343. The van der Waals surface area contributed by atoms with Gasteiger partial charge in [0.25, 0.3) is 0 Å². The number of esters is 2. The van der Waals surface area contributed by atoms with Gasteiger partial charge < -0.3 is 28.6 Å². The monoisotopic (exact) mass is 810 g/mol. The molecule has 0 aromatic heterocycles. The van der Waals surface area contributed by atoms with Gasteiger partial charge in [-0.05, 0) is 12.8 Å². The molecule has 0 radical (unpaired) electrons. The van der Waals surface area contributed by atoms with E-state index in [0.29, 0.717) is 12.8 Å². The van der Waals surface area contributed by atoms with Crippen LogP contribution in [0.1, 0.15) is 245 Å². The first kappa shape index (κ1) is 55.3. The van der Waals surface area contributed by atoms with Gasteiger partial charge in [0.15, 0.2) is 6.10 Å². The number of carbonyl (C=O) groups excluding carboxylic acids is 3. The predicted molar refractivity (Wildman–Crippen MR) is 236 cm³/mol. The average Bonchev–Trinajstić information content (AvgIpc) is 3.17. The summed E-state index contributed by atoms with van der Waals surface area (Å²) in [6, 6.07) is -0.719. The second-order valence-corrected chi connectivity index (χ2v) is 18.1. The van der Waals surface area contributed by atoms with Crippen molar-refractivity contribution in [1.29, 1.82) is 0 Å². The van der Waals surface area contributed by atoms with E-state index >= 15 is 0 Å². The highest BCUT2D eigenvalue weighted by Crippen LogP contribution is 2.17. The maximum absolute atomic E-state index is 12.7. The first-order valence-corrected chi connectivity index (χ1v) is 24.6. The van der Waals surface area contributed by atoms with E-state index in [-0.39, 0.29) is 42.7 Å². The number of nitrogens with zero attached hydrogens (tertiary/aromatic N) is 1.